The zero-order valence-electron chi connectivity index (χ0n) is 17.5. The Labute approximate surface area is 186 Å². The average molecular weight is 434 g/mol. The highest BCUT2D eigenvalue weighted by Crippen LogP contribution is 2.28. The van der Waals surface area contributed by atoms with Gasteiger partial charge in [0.15, 0.2) is 0 Å². The first-order chi connectivity index (χ1) is 15.0. The van der Waals surface area contributed by atoms with E-state index in [1.165, 1.54) is 5.56 Å². The van der Waals surface area contributed by atoms with E-state index in [2.05, 4.69) is 27.8 Å². The number of hydrogen-bond donors (Lipinski definition) is 2. The number of carbonyl (C=O) groups is 1. The van der Waals surface area contributed by atoms with Crippen molar-refractivity contribution in [3.05, 3.63) is 88.8 Å². The van der Waals surface area contributed by atoms with E-state index in [4.69, 9.17) is 16.0 Å². The van der Waals surface area contributed by atoms with Gasteiger partial charge in [-0.05, 0) is 56.0 Å². The lowest BCUT2D eigenvalue weighted by Gasteiger charge is -2.15. The van der Waals surface area contributed by atoms with E-state index in [1.54, 1.807) is 12.3 Å². The number of rotatable bonds is 7. The largest absolute Gasteiger partial charge is 0.464 e. The molecule has 0 radical (unpaired) electrons. The molecule has 2 heterocycles. The van der Waals surface area contributed by atoms with Crippen molar-refractivity contribution in [1.82, 2.24) is 10.3 Å². The summed E-state index contributed by atoms with van der Waals surface area (Å²) >= 11 is 6.25. The van der Waals surface area contributed by atoms with Crippen molar-refractivity contribution < 1.29 is 9.21 Å². The highest BCUT2D eigenvalue weighted by molar-refractivity contribution is 6.31. The van der Waals surface area contributed by atoms with Gasteiger partial charge in [-0.2, -0.15) is 0 Å². The van der Waals surface area contributed by atoms with E-state index in [-0.39, 0.29) is 11.9 Å². The van der Waals surface area contributed by atoms with Crippen molar-refractivity contribution in [2.75, 3.05) is 5.32 Å². The minimum atomic E-state index is -0.233. The number of hydrogen-bond acceptors (Lipinski definition) is 4. The van der Waals surface area contributed by atoms with Gasteiger partial charge < -0.3 is 15.1 Å². The highest BCUT2D eigenvalue weighted by Gasteiger charge is 2.16. The summed E-state index contributed by atoms with van der Waals surface area (Å²) in [4.78, 5) is 17.4. The van der Waals surface area contributed by atoms with Crippen LogP contribution in [-0.2, 0) is 6.42 Å². The van der Waals surface area contributed by atoms with Gasteiger partial charge in [0.05, 0.1) is 11.6 Å². The topological polar surface area (TPSA) is 67.2 Å². The van der Waals surface area contributed by atoms with Crippen LogP contribution >= 0.6 is 11.6 Å². The molecule has 158 valence electrons. The van der Waals surface area contributed by atoms with Crippen LogP contribution in [0.2, 0.25) is 5.02 Å². The second-order valence-corrected chi connectivity index (χ2v) is 8.08. The summed E-state index contributed by atoms with van der Waals surface area (Å²) in [6.45, 7) is 3.95. The zero-order valence-corrected chi connectivity index (χ0v) is 18.2. The van der Waals surface area contributed by atoms with Crippen LogP contribution in [0.15, 0.2) is 71.3 Å². The number of aromatic nitrogens is 1. The fourth-order valence-corrected chi connectivity index (χ4v) is 3.56. The van der Waals surface area contributed by atoms with Crippen LogP contribution in [0.5, 0.6) is 0 Å². The first-order valence-electron chi connectivity index (χ1n) is 10.3. The molecule has 0 saturated carbocycles. The Kier molecular flexibility index (Phi) is 6.23. The summed E-state index contributed by atoms with van der Waals surface area (Å²) in [5, 5.41) is 7.76. The molecule has 1 atom stereocenters. The van der Waals surface area contributed by atoms with E-state index in [0.29, 0.717) is 22.1 Å². The fourth-order valence-electron chi connectivity index (χ4n) is 3.38. The molecule has 2 aromatic carbocycles. The van der Waals surface area contributed by atoms with E-state index < -0.39 is 0 Å². The van der Waals surface area contributed by atoms with Gasteiger partial charge in [-0.3, -0.25) is 4.79 Å². The number of aryl methyl sites for hydroxylation is 2. The van der Waals surface area contributed by atoms with Crippen LogP contribution in [0.25, 0.3) is 11.0 Å². The molecule has 0 spiro atoms. The average Bonchev–Trinajstić information content (AvgIpc) is 3.25. The van der Waals surface area contributed by atoms with E-state index in [9.17, 15) is 4.79 Å². The second kappa shape index (κ2) is 9.23. The standard InChI is InChI=1S/C25H24ClN3O2/c1-16-8-11-19(14-21(16)26)28-24-20-12-13-31-23(20)15-22(29-24)25(30)27-17(2)9-10-18-6-4-3-5-7-18/h3-8,11-15,17H,9-10H2,1-2H3,(H,27,30)(H,28,29)/t17-/m0/s1. The predicted octanol–water partition coefficient (Wildman–Crippen LogP) is 6.28. The summed E-state index contributed by atoms with van der Waals surface area (Å²) in [6.07, 6.45) is 3.32. The van der Waals surface area contributed by atoms with Gasteiger partial charge in [-0.1, -0.05) is 48.0 Å². The Bertz CT molecular complexity index is 1200. The van der Waals surface area contributed by atoms with Crippen LogP contribution in [-0.4, -0.2) is 16.9 Å². The van der Waals surface area contributed by atoms with Crippen LogP contribution in [0.1, 0.15) is 35.0 Å². The number of amides is 1. The van der Waals surface area contributed by atoms with E-state index in [1.807, 2.05) is 56.3 Å². The molecule has 0 aliphatic carbocycles. The lowest BCUT2D eigenvalue weighted by atomic mass is 10.1. The maximum Gasteiger partial charge on any atom is 0.270 e. The number of nitrogens with zero attached hydrogens (tertiary/aromatic N) is 1. The summed E-state index contributed by atoms with van der Waals surface area (Å²) in [6, 6.07) is 19.4. The molecule has 6 heteroatoms. The Morgan fingerprint density at radius 2 is 1.94 bits per heavy atom. The summed E-state index contributed by atoms with van der Waals surface area (Å²) < 4.78 is 5.55. The van der Waals surface area contributed by atoms with Gasteiger partial charge >= 0.3 is 0 Å². The maximum absolute atomic E-state index is 12.9. The number of benzene rings is 2. The lowest BCUT2D eigenvalue weighted by molar-refractivity contribution is 0.0933. The molecule has 2 aromatic heterocycles. The highest BCUT2D eigenvalue weighted by atomic mass is 35.5. The first-order valence-corrected chi connectivity index (χ1v) is 10.6. The smallest absolute Gasteiger partial charge is 0.270 e. The number of halogens is 1. The zero-order chi connectivity index (χ0) is 21.8. The third-order valence-corrected chi connectivity index (χ3v) is 5.61. The second-order valence-electron chi connectivity index (χ2n) is 7.68. The SMILES string of the molecule is Cc1ccc(Nc2nc(C(=O)N[C@@H](C)CCc3ccccc3)cc3occc23)cc1Cl. The molecule has 0 aliphatic rings. The van der Waals surface area contributed by atoms with Crippen LogP contribution in [0.4, 0.5) is 11.5 Å². The van der Waals surface area contributed by atoms with Gasteiger partial charge in [0.25, 0.3) is 5.91 Å². The number of nitrogens with one attached hydrogen (secondary N) is 2. The monoisotopic (exact) mass is 433 g/mol. The first kappa shape index (κ1) is 20.9. The normalized spacial score (nSPS) is 12.0. The fraction of sp³-hybridized carbons (Fsp3) is 0.200. The quantitative estimate of drug-likeness (QED) is 0.359. The molecule has 0 bridgehead atoms. The van der Waals surface area contributed by atoms with Crippen LogP contribution in [0.3, 0.4) is 0 Å². The predicted molar refractivity (Wildman–Crippen MR) is 125 cm³/mol. The Morgan fingerprint density at radius 1 is 1.13 bits per heavy atom. The molecule has 31 heavy (non-hydrogen) atoms. The Balaban J connectivity index is 1.50. The van der Waals surface area contributed by atoms with Gasteiger partial charge in [-0.15, -0.1) is 0 Å². The Morgan fingerprint density at radius 3 is 2.71 bits per heavy atom. The third-order valence-electron chi connectivity index (χ3n) is 5.20. The minimum Gasteiger partial charge on any atom is -0.464 e. The third kappa shape index (κ3) is 5.06. The summed E-state index contributed by atoms with van der Waals surface area (Å²) in [5.74, 6) is 0.317. The number of fused-ring (bicyclic) bond motifs is 1. The van der Waals surface area contributed by atoms with Gasteiger partial charge in [0.1, 0.15) is 17.1 Å². The molecule has 4 aromatic rings. The van der Waals surface area contributed by atoms with Crippen molar-refractivity contribution >= 4 is 40.0 Å². The lowest BCUT2D eigenvalue weighted by Crippen LogP contribution is -2.33. The van der Waals surface area contributed by atoms with Crippen molar-refractivity contribution in [2.24, 2.45) is 0 Å². The van der Waals surface area contributed by atoms with Gasteiger partial charge in [0, 0.05) is 22.8 Å². The van der Waals surface area contributed by atoms with E-state index >= 15 is 0 Å². The van der Waals surface area contributed by atoms with Gasteiger partial charge in [0.2, 0.25) is 0 Å². The van der Waals surface area contributed by atoms with Crippen molar-refractivity contribution in [2.45, 2.75) is 32.7 Å². The number of furan rings is 1. The molecule has 2 N–H and O–H groups in total. The van der Waals surface area contributed by atoms with Crippen molar-refractivity contribution in [3.8, 4) is 0 Å². The molecule has 1 amide bonds. The molecular formula is C25H24ClN3O2. The molecule has 5 nitrogen and oxygen atoms in total. The van der Waals surface area contributed by atoms with Crippen molar-refractivity contribution in [3.63, 3.8) is 0 Å². The van der Waals surface area contributed by atoms with E-state index in [0.717, 1.165) is 29.5 Å². The molecule has 0 unspecified atom stereocenters. The number of pyridine rings is 1. The summed E-state index contributed by atoms with van der Waals surface area (Å²) in [5.41, 5.74) is 3.93. The number of carbonyl (C=O) groups excluding carboxylic acids is 1. The molecular weight excluding hydrogens is 410 g/mol. The van der Waals surface area contributed by atoms with Gasteiger partial charge in [-0.25, -0.2) is 4.98 Å². The van der Waals surface area contributed by atoms with Crippen molar-refractivity contribution in [1.29, 1.82) is 0 Å². The Hall–Kier alpha value is -3.31. The summed E-state index contributed by atoms with van der Waals surface area (Å²) in [7, 11) is 0. The number of anilines is 2. The van der Waals surface area contributed by atoms with Crippen LogP contribution in [0, 0.1) is 6.92 Å². The maximum atomic E-state index is 12.9. The molecule has 0 saturated heterocycles. The molecule has 0 fully saturated rings. The minimum absolute atomic E-state index is 0.00844. The van der Waals surface area contributed by atoms with Crippen LogP contribution < -0.4 is 10.6 Å². The molecule has 0 aliphatic heterocycles. The molecule has 4 rings (SSSR count).